The van der Waals surface area contributed by atoms with Crippen LogP contribution < -0.4 is 21.1 Å². The molecule has 2 aromatic rings. The summed E-state index contributed by atoms with van der Waals surface area (Å²) in [6.45, 7) is 1.89. The number of nitro groups is 1. The molecule has 0 aliphatic rings. The lowest BCUT2D eigenvalue weighted by molar-refractivity contribution is -0.384. The molecule has 11 heteroatoms. The van der Waals surface area contributed by atoms with Crippen molar-refractivity contribution in [3.05, 3.63) is 64.2 Å². The van der Waals surface area contributed by atoms with Gasteiger partial charge in [-0.3, -0.25) is 14.9 Å². The zero-order valence-electron chi connectivity index (χ0n) is 16.3. The van der Waals surface area contributed by atoms with Crippen molar-refractivity contribution in [2.24, 2.45) is 5.14 Å². The number of nitrogens with one attached hydrogen (secondary N) is 3. The average molecular weight is 436 g/mol. The predicted molar refractivity (Wildman–Crippen MR) is 114 cm³/mol. The summed E-state index contributed by atoms with van der Waals surface area (Å²) >= 11 is 0. The van der Waals surface area contributed by atoms with E-state index in [1.807, 2.05) is 0 Å². The number of primary sulfonamides is 1. The number of nitrogens with two attached hydrogens (primary N) is 1. The van der Waals surface area contributed by atoms with E-state index in [1.165, 1.54) is 24.3 Å². The number of carbonyl (C=O) groups is 1. The fourth-order valence-electron chi connectivity index (χ4n) is 2.59. The third-order valence-electron chi connectivity index (χ3n) is 4.21. The van der Waals surface area contributed by atoms with Crippen LogP contribution in [0.5, 0.6) is 0 Å². The second-order valence-electron chi connectivity index (χ2n) is 6.55. The maximum absolute atomic E-state index is 11.8. The van der Waals surface area contributed by atoms with E-state index in [4.69, 9.17) is 5.14 Å². The molecule has 2 aromatic carbocycles. The number of non-ortho nitro benzene ring substituents is 1. The second-order valence-corrected chi connectivity index (χ2v) is 8.11. The Labute approximate surface area is 175 Å². The molecule has 10 nitrogen and oxygen atoms in total. The first kappa shape index (κ1) is 23.3. The monoisotopic (exact) mass is 435 g/mol. The third kappa shape index (κ3) is 8.15. The van der Waals surface area contributed by atoms with Gasteiger partial charge in [0.1, 0.15) is 0 Å². The quantitative estimate of drug-likeness (QED) is 0.220. The topological polar surface area (TPSA) is 156 Å². The fraction of sp³-hybridized carbons (Fsp3) is 0.316. The molecular formula is C19H25N5O5S. The second kappa shape index (κ2) is 11.2. The van der Waals surface area contributed by atoms with Crippen LogP contribution in [0.2, 0.25) is 0 Å². The van der Waals surface area contributed by atoms with Gasteiger partial charge in [-0.15, -0.1) is 0 Å². The number of nitrogens with zero attached hydrogens (tertiary/aromatic N) is 1. The normalized spacial score (nSPS) is 11.1. The molecule has 2 rings (SSSR count). The summed E-state index contributed by atoms with van der Waals surface area (Å²) in [6.07, 6.45) is 1.36. The van der Waals surface area contributed by atoms with Crippen molar-refractivity contribution in [1.82, 2.24) is 10.6 Å². The highest BCUT2D eigenvalue weighted by Crippen LogP contribution is 2.15. The molecule has 0 atom stereocenters. The van der Waals surface area contributed by atoms with E-state index in [0.29, 0.717) is 32.5 Å². The summed E-state index contributed by atoms with van der Waals surface area (Å²) in [5.41, 5.74) is 1.76. The lowest BCUT2D eigenvalue weighted by Crippen LogP contribution is -2.35. The van der Waals surface area contributed by atoms with Gasteiger partial charge < -0.3 is 16.0 Å². The number of sulfonamides is 1. The molecule has 0 aromatic heterocycles. The molecule has 5 N–H and O–H groups in total. The molecule has 162 valence electrons. The van der Waals surface area contributed by atoms with Gasteiger partial charge in [-0.2, -0.15) is 0 Å². The van der Waals surface area contributed by atoms with Crippen LogP contribution >= 0.6 is 0 Å². The smallest absolute Gasteiger partial charge is 0.269 e. The van der Waals surface area contributed by atoms with Crippen LogP contribution in [-0.4, -0.2) is 45.4 Å². The van der Waals surface area contributed by atoms with E-state index in [0.717, 1.165) is 11.3 Å². The van der Waals surface area contributed by atoms with Gasteiger partial charge in [0.25, 0.3) is 5.69 Å². The Balaban J connectivity index is 1.54. The first-order valence-corrected chi connectivity index (χ1v) is 10.9. The average Bonchev–Trinajstić information content (AvgIpc) is 2.71. The van der Waals surface area contributed by atoms with E-state index < -0.39 is 14.9 Å². The van der Waals surface area contributed by atoms with Gasteiger partial charge in [0.15, 0.2) is 0 Å². The van der Waals surface area contributed by atoms with Gasteiger partial charge in [0.05, 0.1) is 16.4 Å². The predicted octanol–water partition coefficient (Wildman–Crippen LogP) is 0.993. The molecular weight excluding hydrogens is 410 g/mol. The highest BCUT2D eigenvalue weighted by Gasteiger charge is 2.07. The SMILES string of the molecule is NS(=O)(=O)c1ccc(CCNCC(=O)NCCCNc2ccc([N+](=O)[O-])cc2)cc1. The first-order chi connectivity index (χ1) is 14.3. The zero-order chi connectivity index (χ0) is 22.0. The van der Waals surface area contributed by atoms with Gasteiger partial charge in [-0.1, -0.05) is 12.1 Å². The van der Waals surface area contributed by atoms with Crippen LogP contribution in [0.4, 0.5) is 11.4 Å². The van der Waals surface area contributed by atoms with Gasteiger partial charge >= 0.3 is 0 Å². The Hall–Kier alpha value is -3.02. The van der Waals surface area contributed by atoms with E-state index in [-0.39, 0.29) is 23.0 Å². The molecule has 0 bridgehead atoms. The highest BCUT2D eigenvalue weighted by atomic mass is 32.2. The minimum atomic E-state index is -3.69. The summed E-state index contributed by atoms with van der Waals surface area (Å²) in [7, 11) is -3.69. The number of rotatable bonds is 12. The molecule has 0 aliphatic heterocycles. The molecule has 0 unspecified atom stereocenters. The van der Waals surface area contributed by atoms with Crippen LogP contribution in [0.15, 0.2) is 53.4 Å². The van der Waals surface area contributed by atoms with Crippen molar-refractivity contribution in [3.63, 3.8) is 0 Å². The number of anilines is 1. The molecule has 0 spiro atoms. The van der Waals surface area contributed by atoms with Crippen molar-refractivity contribution < 1.29 is 18.1 Å². The molecule has 0 fully saturated rings. The molecule has 30 heavy (non-hydrogen) atoms. The van der Waals surface area contributed by atoms with Crippen LogP contribution in [0, 0.1) is 10.1 Å². The molecule has 0 saturated heterocycles. The Morgan fingerprint density at radius 3 is 2.27 bits per heavy atom. The molecule has 1 amide bonds. The number of amides is 1. The molecule has 0 saturated carbocycles. The Morgan fingerprint density at radius 2 is 1.67 bits per heavy atom. The largest absolute Gasteiger partial charge is 0.385 e. The van der Waals surface area contributed by atoms with Gasteiger partial charge in [0.2, 0.25) is 15.9 Å². The Kier molecular flexibility index (Phi) is 8.71. The summed E-state index contributed by atoms with van der Waals surface area (Å²) in [6, 6.07) is 12.5. The van der Waals surface area contributed by atoms with Crippen LogP contribution in [0.3, 0.4) is 0 Å². The summed E-state index contributed by atoms with van der Waals surface area (Å²) in [4.78, 5) is 22.0. The van der Waals surface area contributed by atoms with Crippen LogP contribution in [0.1, 0.15) is 12.0 Å². The maximum Gasteiger partial charge on any atom is 0.269 e. The van der Waals surface area contributed by atoms with Gasteiger partial charge in [0, 0.05) is 30.9 Å². The van der Waals surface area contributed by atoms with Gasteiger partial charge in [-0.05, 0) is 49.2 Å². The van der Waals surface area contributed by atoms with Crippen molar-refractivity contribution in [2.75, 3.05) is 31.5 Å². The van der Waals surface area contributed by atoms with E-state index >= 15 is 0 Å². The minimum Gasteiger partial charge on any atom is -0.385 e. The Morgan fingerprint density at radius 1 is 1.00 bits per heavy atom. The number of benzene rings is 2. The molecule has 0 radical (unpaired) electrons. The third-order valence-corrected chi connectivity index (χ3v) is 5.14. The first-order valence-electron chi connectivity index (χ1n) is 9.33. The standard InChI is InChI=1S/C19H25N5O5S/c20-30(28,29)18-8-2-15(3-9-18)10-13-21-14-19(25)23-12-1-11-22-16-4-6-17(7-5-16)24(26)27/h2-9,21-22H,1,10-14H2,(H,23,25)(H2,20,28,29). The van der Waals surface area contributed by atoms with Crippen LogP contribution in [-0.2, 0) is 21.2 Å². The molecule has 0 heterocycles. The van der Waals surface area contributed by atoms with Crippen LogP contribution in [0.25, 0.3) is 0 Å². The summed E-state index contributed by atoms with van der Waals surface area (Å²) in [5, 5.41) is 24.6. The lowest BCUT2D eigenvalue weighted by atomic mass is 10.1. The lowest BCUT2D eigenvalue weighted by Gasteiger charge is -2.09. The number of nitro benzene ring substituents is 1. The van der Waals surface area contributed by atoms with E-state index in [1.54, 1.807) is 24.3 Å². The van der Waals surface area contributed by atoms with Crippen molar-refractivity contribution in [3.8, 4) is 0 Å². The zero-order valence-corrected chi connectivity index (χ0v) is 17.2. The van der Waals surface area contributed by atoms with E-state index in [2.05, 4.69) is 16.0 Å². The summed E-state index contributed by atoms with van der Waals surface area (Å²) < 4.78 is 22.4. The van der Waals surface area contributed by atoms with E-state index in [9.17, 15) is 23.3 Å². The number of hydrogen-bond acceptors (Lipinski definition) is 7. The minimum absolute atomic E-state index is 0.0424. The van der Waals surface area contributed by atoms with Crippen molar-refractivity contribution in [2.45, 2.75) is 17.7 Å². The highest BCUT2D eigenvalue weighted by molar-refractivity contribution is 7.89. The van der Waals surface area contributed by atoms with Crippen molar-refractivity contribution in [1.29, 1.82) is 0 Å². The summed E-state index contributed by atoms with van der Waals surface area (Å²) in [5.74, 6) is -0.116. The number of carbonyl (C=O) groups excluding carboxylic acids is 1. The number of hydrogen-bond donors (Lipinski definition) is 4. The van der Waals surface area contributed by atoms with Crippen molar-refractivity contribution >= 4 is 27.3 Å². The maximum atomic E-state index is 11.8. The molecule has 0 aliphatic carbocycles. The Bertz CT molecular complexity index is 946. The fourth-order valence-corrected chi connectivity index (χ4v) is 3.11. The van der Waals surface area contributed by atoms with Gasteiger partial charge in [-0.25, -0.2) is 13.6 Å².